The summed E-state index contributed by atoms with van der Waals surface area (Å²) < 4.78 is 5.19. The Bertz CT molecular complexity index is 1010. The molecule has 1 aromatic carbocycles. The van der Waals surface area contributed by atoms with Gasteiger partial charge in [0.2, 0.25) is 0 Å². The van der Waals surface area contributed by atoms with Crippen LogP contribution in [0, 0.1) is 11.3 Å². The van der Waals surface area contributed by atoms with Crippen LogP contribution in [-0.2, 0) is 0 Å². The van der Waals surface area contributed by atoms with Gasteiger partial charge in [0.25, 0.3) is 0 Å². The molecule has 0 bridgehead atoms. The highest BCUT2D eigenvalue weighted by Crippen LogP contribution is 2.27. The Morgan fingerprint density at radius 2 is 2.20 bits per heavy atom. The summed E-state index contributed by atoms with van der Waals surface area (Å²) in [5.41, 5.74) is 1.24. The number of aliphatic hydroxyl groups excluding tert-OH is 1. The number of hydrogen-bond donors (Lipinski definition) is 1. The monoisotopic (exact) mass is 353 g/mol. The van der Waals surface area contributed by atoms with Crippen molar-refractivity contribution in [2.45, 2.75) is 0 Å². The maximum atomic E-state index is 9.34. The van der Waals surface area contributed by atoms with Crippen molar-refractivity contribution in [3.05, 3.63) is 59.3 Å². The van der Waals surface area contributed by atoms with Gasteiger partial charge in [-0.05, 0) is 30.3 Å². The van der Waals surface area contributed by atoms with Gasteiger partial charge in [0.05, 0.1) is 29.8 Å². The van der Waals surface area contributed by atoms with Crippen LogP contribution in [0.25, 0.3) is 16.6 Å². The summed E-state index contributed by atoms with van der Waals surface area (Å²) in [5, 5.41) is 24.8. The molecule has 0 spiro atoms. The van der Waals surface area contributed by atoms with Crippen LogP contribution in [0.5, 0.6) is 0 Å². The molecule has 0 aliphatic carbocycles. The quantitative estimate of drug-likeness (QED) is 0.332. The SMILES string of the molecule is CN(/N=C/c1ccco1)c1nc2ccc(Cl)cc2nc1/C(C#N)=C\O. The van der Waals surface area contributed by atoms with E-state index in [4.69, 9.17) is 16.0 Å². The summed E-state index contributed by atoms with van der Waals surface area (Å²) in [6, 6.07) is 10.4. The van der Waals surface area contributed by atoms with E-state index in [9.17, 15) is 10.4 Å². The second-order valence-corrected chi connectivity index (χ2v) is 5.40. The smallest absolute Gasteiger partial charge is 0.176 e. The molecule has 0 atom stereocenters. The highest BCUT2D eigenvalue weighted by atomic mass is 35.5. The van der Waals surface area contributed by atoms with Gasteiger partial charge in [0.1, 0.15) is 23.1 Å². The molecule has 1 N–H and O–H groups in total. The lowest BCUT2D eigenvalue weighted by atomic mass is 10.2. The van der Waals surface area contributed by atoms with Crippen LogP contribution in [0.1, 0.15) is 11.5 Å². The minimum absolute atomic E-state index is 0.0376. The van der Waals surface area contributed by atoms with Gasteiger partial charge in [-0.2, -0.15) is 10.4 Å². The van der Waals surface area contributed by atoms with Crippen LogP contribution in [0.15, 0.2) is 52.4 Å². The topological polar surface area (TPSA) is 98.5 Å². The molecule has 7 nitrogen and oxygen atoms in total. The summed E-state index contributed by atoms with van der Waals surface area (Å²) in [5.74, 6) is 0.867. The van der Waals surface area contributed by atoms with Crippen molar-refractivity contribution in [2.75, 3.05) is 12.1 Å². The van der Waals surface area contributed by atoms with Crippen LogP contribution in [0.2, 0.25) is 5.02 Å². The van der Waals surface area contributed by atoms with Crippen LogP contribution in [0.3, 0.4) is 0 Å². The molecular formula is C17H12ClN5O2. The molecule has 3 aromatic rings. The van der Waals surface area contributed by atoms with Crippen molar-refractivity contribution in [3.8, 4) is 6.07 Å². The average Bonchev–Trinajstić information content (AvgIpc) is 3.13. The van der Waals surface area contributed by atoms with Gasteiger partial charge in [-0.3, -0.25) is 0 Å². The molecule has 3 rings (SSSR count). The molecule has 0 aliphatic heterocycles. The zero-order valence-electron chi connectivity index (χ0n) is 13.1. The first kappa shape index (κ1) is 16.5. The molecule has 0 saturated carbocycles. The number of halogens is 1. The summed E-state index contributed by atoms with van der Waals surface area (Å²) in [7, 11) is 1.65. The number of rotatable bonds is 4. The van der Waals surface area contributed by atoms with Crippen LogP contribution in [-0.4, -0.2) is 28.3 Å². The number of allylic oxidation sites excluding steroid dienone is 1. The Kier molecular flexibility index (Phi) is 4.64. The number of aromatic nitrogens is 2. The molecule has 0 amide bonds. The summed E-state index contributed by atoms with van der Waals surface area (Å²) >= 11 is 5.99. The fourth-order valence-electron chi connectivity index (χ4n) is 2.13. The first-order valence-electron chi connectivity index (χ1n) is 7.15. The average molecular weight is 354 g/mol. The number of aliphatic hydroxyl groups is 1. The minimum Gasteiger partial charge on any atom is -0.514 e. The number of benzene rings is 1. The van der Waals surface area contributed by atoms with Crippen LogP contribution in [0.4, 0.5) is 5.82 Å². The Hall–Kier alpha value is -3.37. The first-order chi connectivity index (χ1) is 12.1. The number of hydrogen-bond acceptors (Lipinski definition) is 7. The van der Waals surface area contributed by atoms with Crippen molar-refractivity contribution >= 4 is 40.2 Å². The van der Waals surface area contributed by atoms with E-state index < -0.39 is 0 Å². The second-order valence-electron chi connectivity index (χ2n) is 4.97. The number of hydrazone groups is 1. The second kappa shape index (κ2) is 7.03. The summed E-state index contributed by atoms with van der Waals surface area (Å²) in [6.45, 7) is 0. The Labute approximate surface area is 148 Å². The van der Waals surface area contributed by atoms with Gasteiger partial charge in [-0.25, -0.2) is 15.0 Å². The Morgan fingerprint density at radius 3 is 2.88 bits per heavy atom. The summed E-state index contributed by atoms with van der Waals surface area (Å²) in [4.78, 5) is 8.90. The fraction of sp³-hybridized carbons (Fsp3) is 0.0588. The van der Waals surface area contributed by atoms with Crippen LogP contribution < -0.4 is 5.01 Å². The highest BCUT2D eigenvalue weighted by Gasteiger charge is 2.17. The molecule has 0 unspecified atom stereocenters. The third-order valence-electron chi connectivity index (χ3n) is 3.32. The van der Waals surface area contributed by atoms with Crippen molar-refractivity contribution in [3.63, 3.8) is 0 Å². The lowest BCUT2D eigenvalue weighted by Crippen LogP contribution is -2.14. The van der Waals surface area contributed by atoms with Crippen molar-refractivity contribution < 1.29 is 9.52 Å². The number of anilines is 1. The molecule has 25 heavy (non-hydrogen) atoms. The molecule has 0 fully saturated rings. The van der Waals surface area contributed by atoms with E-state index in [0.717, 1.165) is 0 Å². The first-order valence-corrected chi connectivity index (χ1v) is 7.53. The molecule has 2 aromatic heterocycles. The van der Waals surface area contributed by atoms with Gasteiger partial charge in [-0.1, -0.05) is 11.6 Å². The van der Waals surface area contributed by atoms with Crippen LogP contribution >= 0.6 is 11.6 Å². The van der Waals surface area contributed by atoms with E-state index in [2.05, 4.69) is 15.1 Å². The standard InChI is InChI=1S/C17H12ClN5O2/c1-23(20-9-13-3-2-6-25-13)17-16(11(8-19)10-24)21-15-7-12(18)4-5-14(15)22-17/h2-7,9-10,24H,1H3/b11-10-,20-9+. The van der Waals surface area contributed by atoms with Gasteiger partial charge in [0, 0.05) is 12.1 Å². The minimum atomic E-state index is -0.0376. The van der Waals surface area contributed by atoms with Crippen molar-refractivity contribution in [2.24, 2.45) is 5.10 Å². The maximum absolute atomic E-state index is 9.34. The molecule has 124 valence electrons. The predicted molar refractivity (Wildman–Crippen MR) is 95.5 cm³/mol. The van der Waals surface area contributed by atoms with E-state index in [1.54, 1.807) is 37.4 Å². The third kappa shape index (κ3) is 3.44. The van der Waals surface area contributed by atoms with E-state index in [-0.39, 0.29) is 11.3 Å². The largest absolute Gasteiger partial charge is 0.514 e. The lowest BCUT2D eigenvalue weighted by molar-refractivity contribution is 0.476. The molecule has 2 heterocycles. The zero-order chi connectivity index (χ0) is 17.8. The normalized spacial score (nSPS) is 11.8. The van der Waals surface area contributed by atoms with E-state index in [0.29, 0.717) is 33.9 Å². The Morgan fingerprint density at radius 1 is 1.36 bits per heavy atom. The van der Waals surface area contributed by atoms with Gasteiger partial charge in [0.15, 0.2) is 5.82 Å². The number of furan rings is 1. The van der Waals surface area contributed by atoms with Gasteiger partial charge < -0.3 is 9.52 Å². The van der Waals surface area contributed by atoms with E-state index in [1.807, 2.05) is 6.07 Å². The lowest BCUT2D eigenvalue weighted by Gasteiger charge is -2.15. The molecular weight excluding hydrogens is 342 g/mol. The van der Waals surface area contributed by atoms with Gasteiger partial charge >= 0.3 is 0 Å². The van der Waals surface area contributed by atoms with E-state index >= 15 is 0 Å². The van der Waals surface area contributed by atoms with Gasteiger partial charge in [-0.15, -0.1) is 0 Å². The van der Waals surface area contributed by atoms with E-state index in [1.165, 1.54) is 17.5 Å². The summed E-state index contributed by atoms with van der Waals surface area (Å²) in [6.07, 6.45) is 3.73. The molecule has 0 aliphatic rings. The molecule has 8 heteroatoms. The Balaban J connectivity index is 2.12. The predicted octanol–water partition coefficient (Wildman–Crippen LogP) is 3.77. The van der Waals surface area contributed by atoms with Crippen molar-refractivity contribution in [1.82, 2.24) is 9.97 Å². The number of nitriles is 1. The highest BCUT2D eigenvalue weighted by molar-refractivity contribution is 6.31. The van der Waals surface area contributed by atoms with Crippen molar-refractivity contribution in [1.29, 1.82) is 5.26 Å². The fourth-order valence-corrected chi connectivity index (χ4v) is 2.30. The maximum Gasteiger partial charge on any atom is 0.176 e. The number of fused-ring (bicyclic) bond motifs is 1. The third-order valence-corrected chi connectivity index (χ3v) is 3.56. The molecule has 0 saturated heterocycles. The number of nitrogens with zero attached hydrogens (tertiary/aromatic N) is 5. The molecule has 0 radical (unpaired) electrons. The zero-order valence-corrected chi connectivity index (χ0v) is 13.8.